The summed E-state index contributed by atoms with van der Waals surface area (Å²) in [6.07, 6.45) is 0. The summed E-state index contributed by atoms with van der Waals surface area (Å²) < 4.78 is 63.7. The summed E-state index contributed by atoms with van der Waals surface area (Å²) in [5, 5.41) is 0. The first-order valence-corrected chi connectivity index (χ1v) is 16.2. The van der Waals surface area contributed by atoms with E-state index in [9.17, 15) is 17.2 Å². The van der Waals surface area contributed by atoms with Crippen LogP contribution in [0, 0.1) is 60.3 Å². The van der Waals surface area contributed by atoms with Crippen LogP contribution < -0.4 is 0 Å². The van der Waals surface area contributed by atoms with Crippen LogP contribution in [0.5, 0.6) is 0 Å². The molecule has 0 aromatic heterocycles. The van der Waals surface area contributed by atoms with Gasteiger partial charge in [0, 0.05) is 0 Å². The van der Waals surface area contributed by atoms with Gasteiger partial charge in [-0.05, 0) is 0 Å². The third-order valence-corrected chi connectivity index (χ3v) is 14.0. The van der Waals surface area contributed by atoms with Crippen LogP contribution >= 0.6 is 20.2 Å². The monoisotopic (exact) mass is 634 g/mol. The van der Waals surface area contributed by atoms with E-state index in [-0.39, 0.29) is 12.0 Å². The fraction of sp³-hybridized carbons (Fsp3) is 0.200. The van der Waals surface area contributed by atoms with Crippen molar-refractivity contribution in [3.63, 3.8) is 0 Å². The Bertz CT molecular complexity index is 1550. The zero-order valence-corrected chi connectivity index (χ0v) is 24.6. The van der Waals surface area contributed by atoms with E-state index in [4.69, 9.17) is 2.51 Å². The van der Waals surface area contributed by atoms with E-state index in [1.807, 2.05) is 33.8 Å². The van der Waals surface area contributed by atoms with Gasteiger partial charge in [-0.15, -0.1) is 0 Å². The second-order valence-corrected chi connectivity index (χ2v) is 15.5. The van der Waals surface area contributed by atoms with Crippen LogP contribution in [0.15, 0.2) is 71.6 Å². The molecule has 0 atom stereocenters. The van der Waals surface area contributed by atoms with E-state index in [2.05, 4.69) is 12.1 Å². The normalized spacial score (nSPS) is 12.1. The summed E-state index contributed by atoms with van der Waals surface area (Å²) >= 11 is -3.57. The second-order valence-electron chi connectivity index (χ2n) is 9.21. The van der Waals surface area contributed by atoms with E-state index in [0.29, 0.717) is 11.1 Å². The Morgan fingerprint density at radius 2 is 1.11 bits per heavy atom. The molecule has 4 rings (SSSR count). The number of halogens is 3. The van der Waals surface area contributed by atoms with Crippen molar-refractivity contribution in [3.8, 4) is 11.1 Å². The molecule has 0 spiro atoms. The van der Waals surface area contributed by atoms with Crippen molar-refractivity contribution in [2.24, 2.45) is 0 Å². The van der Waals surface area contributed by atoms with Crippen LogP contribution in [0.3, 0.4) is 0 Å². The van der Waals surface area contributed by atoms with Gasteiger partial charge in [0.1, 0.15) is 0 Å². The fourth-order valence-electron chi connectivity index (χ4n) is 4.96. The molecule has 3 nitrogen and oxygen atoms in total. The zero-order chi connectivity index (χ0) is 27.1. The van der Waals surface area contributed by atoms with Crippen molar-refractivity contribution in [2.45, 2.75) is 46.4 Å². The molecule has 194 valence electrons. The number of hydrogen-bond acceptors (Lipinski definition) is 3. The summed E-state index contributed by atoms with van der Waals surface area (Å²) in [7, 11) is -4.40. The molecule has 4 aromatic rings. The molecule has 0 aliphatic heterocycles. The number of hydrogen-bond donors (Lipinski definition) is 0. The molecular formula is C30H29F2IO3S. The van der Waals surface area contributed by atoms with Crippen molar-refractivity contribution in [1.82, 2.24) is 0 Å². The Morgan fingerprint density at radius 3 is 1.59 bits per heavy atom. The summed E-state index contributed by atoms with van der Waals surface area (Å²) in [5.74, 6) is -1.23. The number of rotatable bonds is 6. The van der Waals surface area contributed by atoms with Gasteiger partial charge in [0.2, 0.25) is 0 Å². The third-order valence-electron chi connectivity index (χ3n) is 6.24. The molecule has 0 heterocycles. The van der Waals surface area contributed by atoms with Crippen molar-refractivity contribution in [3.05, 3.63) is 119 Å². The molecule has 0 unspecified atom stereocenters. The van der Waals surface area contributed by atoms with Crippen LogP contribution in [0.4, 0.5) is 8.78 Å². The Balaban J connectivity index is 1.93. The van der Waals surface area contributed by atoms with Crippen molar-refractivity contribution in [1.29, 1.82) is 0 Å². The van der Waals surface area contributed by atoms with Crippen molar-refractivity contribution >= 4 is 30.4 Å². The summed E-state index contributed by atoms with van der Waals surface area (Å²) in [4.78, 5) is 0.0439. The van der Waals surface area contributed by atoms with Gasteiger partial charge in [-0.3, -0.25) is 0 Å². The van der Waals surface area contributed by atoms with E-state index < -0.39 is 42.0 Å². The van der Waals surface area contributed by atoms with E-state index in [0.717, 1.165) is 33.4 Å². The predicted octanol–water partition coefficient (Wildman–Crippen LogP) is 8.35. The van der Waals surface area contributed by atoms with Crippen LogP contribution in [0.25, 0.3) is 11.1 Å². The first-order chi connectivity index (χ1) is 17.4. The average molecular weight is 635 g/mol. The van der Waals surface area contributed by atoms with Gasteiger partial charge in [-0.1, -0.05) is 0 Å². The van der Waals surface area contributed by atoms with Gasteiger partial charge in [0.15, 0.2) is 0 Å². The van der Waals surface area contributed by atoms with E-state index in [1.54, 1.807) is 26.0 Å². The minimum absolute atomic E-state index is 0.0439. The van der Waals surface area contributed by atoms with Gasteiger partial charge in [0.05, 0.1) is 0 Å². The molecule has 0 saturated carbocycles. The molecule has 0 aliphatic carbocycles. The van der Waals surface area contributed by atoms with Crippen LogP contribution in [-0.4, -0.2) is 8.42 Å². The van der Waals surface area contributed by atoms with Crippen LogP contribution in [0.1, 0.15) is 33.4 Å². The molecule has 0 radical (unpaired) electrons. The second kappa shape index (κ2) is 10.6. The quantitative estimate of drug-likeness (QED) is 0.200. The number of aryl methyl sites for hydroxylation is 5. The molecule has 0 fully saturated rings. The molecule has 0 amide bonds. The zero-order valence-electron chi connectivity index (χ0n) is 21.6. The molecule has 37 heavy (non-hydrogen) atoms. The van der Waals surface area contributed by atoms with Crippen molar-refractivity contribution in [2.75, 3.05) is 0 Å². The SMILES string of the molecule is Cc1cc(C)c(-c2c(C)cc(C)c(S(=O)(=O)OI(c3ccccc3F)c3ccccc3F)c2C)c(C)c1. The molecular weight excluding hydrogens is 605 g/mol. The van der Waals surface area contributed by atoms with Gasteiger partial charge < -0.3 is 0 Å². The third kappa shape index (κ3) is 5.35. The minimum atomic E-state index is -4.40. The van der Waals surface area contributed by atoms with Gasteiger partial charge in [0.25, 0.3) is 0 Å². The van der Waals surface area contributed by atoms with Gasteiger partial charge in [-0.25, -0.2) is 0 Å². The molecule has 0 bridgehead atoms. The molecule has 4 aromatic carbocycles. The first-order valence-electron chi connectivity index (χ1n) is 11.8. The summed E-state index contributed by atoms with van der Waals surface area (Å²) in [6.45, 7) is 11.5. The fourth-order valence-corrected chi connectivity index (χ4v) is 12.4. The van der Waals surface area contributed by atoms with Gasteiger partial charge >= 0.3 is 227 Å². The summed E-state index contributed by atoms with van der Waals surface area (Å²) in [5.41, 5.74) is 7.07. The first kappa shape index (κ1) is 27.4. The molecule has 0 aliphatic rings. The Hall–Kier alpha value is -2.62. The van der Waals surface area contributed by atoms with Crippen LogP contribution in [-0.2, 0) is 12.6 Å². The predicted molar refractivity (Wildman–Crippen MR) is 153 cm³/mol. The number of benzene rings is 4. The average Bonchev–Trinajstić information content (AvgIpc) is 2.79. The molecule has 7 heteroatoms. The van der Waals surface area contributed by atoms with E-state index >= 15 is 0 Å². The van der Waals surface area contributed by atoms with E-state index in [1.165, 1.54) is 36.4 Å². The molecule has 0 saturated heterocycles. The topological polar surface area (TPSA) is 43.4 Å². The Labute approximate surface area is 225 Å². The van der Waals surface area contributed by atoms with Crippen molar-refractivity contribution < 1.29 is 19.7 Å². The van der Waals surface area contributed by atoms with Gasteiger partial charge in [-0.2, -0.15) is 0 Å². The Morgan fingerprint density at radius 1 is 0.649 bits per heavy atom. The summed E-state index contributed by atoms with van der Waals surface area (Å²) in [6, 6.07) is 17.6. The molecule has 0 N–H and O–H groups in total. The Kier molecular flexibility index (Phi) is 7.88. The standard InChI is InChI=1S/C30H29F2IO3S/c1-18-15-19(2)28(20(3)16-18)29-21(4)17-22(5)30(23(29)6)37(34,35)36-33(26-13-9-7-11-24(26)31)27-14-10-8-12-25(27)32/h7-17H,1-6H3. The maximum absolute atomic E-state index is 14.9. The van der Waals surface area contributed by atoms with Crippen LogP contribution in [0.2, 0.25) is 0 Å². The maximum atomic E-state index is 14.9.